The number of nitrogens with one attached hydrogen (secondary N) is 1. The smallest absolute Gasteiger partial charge is 0.201 e. The zero-order valence-electron chi connectivity index (χ0n) is 15.3. The number of carbonyl (C=O) groups is 2. The van der Waals surface area contributed by atoms with E-state index in [0.717, 1.165) is 12.1 Å². The molecule has 1 N–H and O–H groups in total. The predicted octanol–water partition coefficient (Wildman–Crippen LogP) is 2.60. The zero-order valence-corrected chi connectivity index (χ0v) is 15.3. The van der Waals surface area contributed by atoms with Crippen LogP contribution in [0.4, 0.5) is 0 Å². The van der Waals surface area contributed by atoms with Gasteiger partial charge in [-0.2, -0.15) is 0 Å². The van der Waals surface area contributed by atoms with Crippen molar-refractivity contribution in [2.24, 2.45) is 0 Å². The van der Waals surface area contributed by atoms with Crippen molar-refractivity contribution in [1.82, 2.24) is 5.32 Å². The lowest BCUT2D eigenvalue weighted by molar-refractivity contribution is 0.0973. The van der Waals surface area contributed by atoms with Crippen molar-refractivity contribution in [1.29, 1.82) is 0 Å². The zero-order chi connectivity index (χ0) is 18.8. The van der Waals surface area contributed by atoms with Gasteiger partial charge < -0.3 is 19.5 Å². The van der Waals surface area contributed by atoms with E-state index >= 15 is 0 Å². The maximum Gasteiger partial charge on any atom is 0.201 e. The summed E-state index contributed by atoms with van der Waals surface area (Å²) in [6, 6.07) is 6.70. The summed E-state index contributed by atoms with van der Waals surface area (Å²) in [5.74, 6) is 0.616. The average Bonchev–Trinajstić information content (AvgIpc) is 2.68. The second-order valence-corrected chi connectivity index (χ2v) is 5.91. The Morgan fingerprint density at radius 2 is 1.42 bits per heavy atom. The van der Waals surface area contributed by atoms with Gasteiger partial charge in [0.15, 0.2) is 5.78 Å². The fourth-order valence-corrected chi connectivity index (χ4v) is 3.17. The highest BCUT2D eigenvalue weighted by molar-refractivity contribution is 6.30. The molecule has 1 aliphatic rings. The van der Waals surface area contributed by atoms with Crippen LogP contribution in [-0.4, -0.2) is 39.4 Å². The van der Waals surface area contributed by atoms with E-state index in [2.05, 4.69) is 5.32 Å². The van der Waals surface area contributed by atoms with Gasteiger partial charge in [0.2, 0.25) is 5.78 Å². The number of ether oxygens (including phenoxy) is 3. The number of carbonyl (C=O) groups excluding carboxylic acids is 2. The second kappa shape index (κ2) is 7.17. The molecule has 0 amide bonds. The Morgan fingerprint density at radius 3 is 2.00 bits per heavy atom. The van der Waals surface area contributed by atoms with Crippen molar-refractivity contribution in [3.05, 3.63) is 52.1 Å². The lowest BCUT2D eigenvalue weighted by atomic mass is 9.82. The molecular formula is C20H21NO5. The molecule has 0 aromatic heterocycles. The summed E-state index contributed by atoms with van der Waals surface area (Å²) in [7, 11) is 4.45. The standard InChI is InChI=1S/C20H21NO5/c1-5-21-10-11-6-13-17(15(7-11)25-3)20(23)18-14(19(13)22)8-12(24-2)9-16(18)26-4/h6-9,21H,5,10H2,1-4H3. The molecule has 1 aliphatic carbocycles. The van der Waals surface area contributed by atoms with Crippen LogP contribution in [0.25, 0.3) is 0 Å². The third kappa shape index (κ3) is 2.82. The van der Waals surface area contributed by atoms with Crippen LogP contribution in [0.1, 0.15) is 44.3 Å². The van der Waals surface area contributed by atoms with Crippen LogP contribution < -0.4 is 19.5 Å². The molecule has 0 aliphatic heterocycles. The Kier molecular flexibility index (Phi) is 4.95. The first-order valence-corrected chi connectivity index (χ1v) is 8.32. The van der Waals surface area contributed by atoms with Crippen LogP contribution in [-0.2, 0) is 6.54 Å². The number of rotatable bonds is 6. The van der Waals surface area contributed by atoms with Crippen molar-refractivity contribution < 1.29 is 23.8 Å². The number of ketones is 2. The Bertz CT molecular complexity index is 888. The van der Waals surface area contributed by atoms with Crippen LogP contribution in [0.15, 0.2) is 24.3 Å². The van der Waals surface area contributed by atoms with E-state index in [-0.39, 0.29) is 28.3 Å². The first-order chi connectivity index (χ1) is 12.5. The summed E-state index contributed by atoms with van der Waals surface area (Å²) in [5, 5.41) is 3.21. The van der Waals surface area contributed by atoms with E-state index < -0.39 is 0 Å². The van der Waals surface area contributed by atoms with Crippen LogP contribution in [0.3, 0.4) is 0 Å². The van der Waals surface area contributed by atoms with Crippen LogP contribution in [0.2, 0.25) is 0 Å². The molecule has 0 bridgehead atoms. The van der Waals surface area contributed by atoms with Gasteiger partial charge in [-0.15, -0.1) is 0 Å². The quantitative estimate of drug-likeness (QED) is 0.733. The molecule has 2 aromatic carbocycles. The molecule has 0 atom stereocenters. The summed E-state index contributed by atoms with van der Waals surface area (Å²) in [6.07, 6.45) is 0. The molecule has 0 saturated carbocycles. The maximum absolute atomic E-state index is 13.2. The molecule has 2 aromatic rings. The van der Waals surface area contributed by atoms with Crippen LogP contribution >= 0.6 is 0 Å². The van der Waals surface area contributed by atoms with Gasteiger partial charge in [-0.05, 0) is 30.3 Å². The molecule has 3 rings (SSSR count). The van der Waals surface area contributed by atoms with Crippen molar-refractivity contribution in [2.75, 3.05) is 27.9 Å². The summed E-state index contributed by atoms with van der Waals surface area (Å²) in [5.41, 5.74) is 2.01. The van der Waals surface area contributed by atoms with Crippen molar-refractivity contribution in [3.8, 4) is 17.2 Å². The fraction of sp³-hybridized carbons (Fsp3) is 0.300. The number of benzene rings is 2. The monoisotopic (exact) mass is 355 g/mol. The number of fused-ring (bicyclic) bond motifs is 2. The van der Waals surface area contributed by atoms with E-state index in [4.69, 9.17) is 14.2 Å². The molecule has 26 heavy (non-hydrogen) atoms. The summed E-state index contributed by atoms with van der Waals surface area (Å²) < 4.78 is 16.0. The first kappa shape index (κ1) is 17.9. The molecule has 0 fully saturated rings. The highest BCUT2D eigenvalue weighted by atomic mass is 16.5. The molecule has 0 spiro atoms. The van der Waals surface area contributed by atoms with Gasteiger partial charge in [-0.25, -0.2) is 0 Å². The lowest BCUT2D eigenvalue weighted by Gasteiger charge is -2.23. The minimum atomic E-state index is -0.291. The molecule has 6 nitrogen and oxygen atoms in total. The Hall–Kier alpha value is -2.86. The topological polar surface area (TPSA) is 73.9 Å². The van der Waals surface area contributed by atoms with Gasteiger partial charge in [-0.1, -0.05) is 6.92 Å². The second-order valence-electron chi connectivity index (χ2n) is 5.91. The summed E-state index contributed by atoms with van der Waals surface area (Å²) in [4.78, 5) is 26.3. The average molecular weight is 355 g/mol. The molecule has 136 valence electrons. The van der Waals surface area contributed by atoms with Gasteiger partial charge in [0.1, 0.15) is 17.2 Å². The highest BCUT2D eigenvalue weighted by Crippen LogP contribution is 2.40. The van der Waals surface area contributed by atoms with Crippen LogP contribution in [0.5, 0.6) is 17.2 Å². The van der Waals surface area contributed by atoms with E-state index in [0.29, 0.717) is 29.4 Å². The van der Waals surface area contributed by atoms with Crippen molar-refractivity contribution in [3.63, 3.8) is 0 Å². The van der Waals surface area contributed by atoms with E-state index in [1.54, 1.807) is 24.3 Å². The highest BCUT2D eigenvalue weighted by Gasteiger charge is 2.36. The maximum atomic E-state index is 13.2. The van der Waals surface area contributed by atoms with E-state index in [1.807, 2.05) is 6.92 Å². The SMILES string of the molecule is CCNCc1cc(OC)c2c(c1)C(=O)c1cc(OC)cc(OC)c1C2=O. The number of hydrogen-bond donors (Lipinski definition) is 1. The number of methoxy groups -OCH3 is 3. The van der Waals surface area contributed by atoms with Crippen molar-refractivity contribution >= 4 is 11.6 Å². The fourth-order valence-electron chi connectivity index (χ4n) is 3.17. The molecule has 0 saturated heterocycles. The van der Waals surface area contributed by atoms with E-state index in [1.165, 1.54) is 21.3 Å². The summed E-state index contributed by atoms with van der Waals surface area (Å²) in [6.45, 7) is 3.37. The predicted molar refractivity (Wildman–Crippen MR) is 96.8 cm³/mol. The minimum Gasteiger partial charge on any atom is -0.497 e. The van der Waals surface area contributed by atoms with Gasteiger partial charge in [-0.3, -0.25) is 9.59 Å². The Morgan fingerprint density at radius 1 is 0.808 bits per heavy atom. The Labute approximate surface area is 152 Å². The largest absolute Gasteiger partial charge is 0.497 e. The van der Waals surface area contributed by atoms with Crippen molar-refractivity contribution in [2.45, 2.75) is 13.5 Å². The van der Waals surface area contributed by atoms with Gasteiger partial charge in [0, 0.05) is 23.7 Å². The minimum absolute atomic E-state index is 0.239. The molecule has 0 heterocycles. The lowest BCUT2D eigenvalue weighted by Crippen LogP contribution is -2.23. The van der Waals surface area contributed by atoms with Gasteiger partial charge in [0.05, 0.1) is 32.5 Å². The normalized spacial score (nSPS) is 12.5. The summed E-state index contributed by atoms with van der Waals surface area (Å²) >= 11 is 0. The number of hydrogen-bond acceptors (Lipinski definition) is 6. The first-order valence-electron chi connectivity index (χ1n) is 8.32. The van der Waals surface area contributed by atoms with Gasteiger partial charge in [0.25, 0.3) is 0 Å². The molecule has 0 radical (unpaired) electrons. The molecular weight excluding hydrogens is 334 g/mol. The molecule has 0 unspecified atom stereocenters. The molecule has 6 heteroatoms. The third-order valence-corrected chi connectivity index (χ3v) is 4.44. The van der Waals surface area contributed by atoms with E-state index in [9.17, 15) is 9.59 Å². The van der Waals surface area contributed by atoms with Gasteiger partial charge >= 0.3 is 0 Å². The Balaban J connectivity index is 2.24. The third-order valence-electron chi connectivity index (χ3n) is 4.44. The van der Waals surface area contributed by atoms with Crippen LogP contribution in [0, 0.1) is 0 Å².